The number of hydrogen-bond donors (Lipinski definition) is 0. The lowest BCUT2D eigenvalue weighted by atomic mass is 9.54. The third-order valence-electron chi connectivity index (χ3n) is 7.59. The Hall–Kier alpha value is -2.76. The van der Waals surface area contributed by atoms with E-state index in [4.69, 9.17) is 0 Å². The number of anilines is 1. The smallest absolute Gasteiger partial charge is 0.239 e. The molecule has 2 unspecified atom stereocenters. The van der Waals surface area contributed by atoms with Gasteiger partial charge in [-0.05, 0) is 33.7 Å². The number of carbonyl (C=O) groups excluding carboxylic acids is 2. The van der Waals surface area contributed by atoms with E-state index >= 15 is 0 Å². The second kappa shape index (κ2) is 6.43. The van der Waals surface area contributed by atoms with Crippen molar-refractivity contribution < 1.29 is 9.59 Å². The highest BCUT2D eigenvalue weighted by Crippen LogP contribution is 2.70. The van der Waals surface area contributed by atoms with Gasteiger partial charge in [-0.25, -0.2) is 4.90 Å². The molecule has 0 aromatic heterocycles. The second-order valence-corrected chi connectivity index (χ2v) is 11.5. The van der Waals surface area contributed by atoms with Gasteiger partial charge in [0.1, 0.15) is 0 Å². The molecule has 4 aromatic carbocycles. The van der Waals surface area contributed by atoms with Crippen LogP contribution in [-0.2, 0) is 18.2 Å². The Kier molecular flexibility index (Phi) is 3.83. The molecule has 5 heteroatoms. The Morgan fingerprint density at radius 2 is 1.00 bits per heavy atom. The Bertz CT molecular complexity index is 1400. The van der Waals surface area contributed by atoms with Gasteiger partial charge in [0.2, 0.25) is 11.8 Å². The average molecular weight is 559 g/mol. The molecule has 0 saturated carbocycles. The Morgan fingerprint density at radius 3 is 1.52 bits per heavy atom. The van der Waals surface area contributed by atoms with E-state index in [1.807, 2.05) is 66.7 Å². The molecule has 4 aromatic rings. The number of alkyl halides is 2. The van der Waals surface area contributed by atoms with E-state index < -0.39 is 20.5 Å². The third kappa shape index (κ3) is 2.16. The fraction of sp³-hybridized carbons (Fsp3) is 0.143. The first-order valence-electron chi connectivity index (χ1n) is 10.9. The number of imide groups is 1. The molecule has 1 saturated heterocycles. The zero-order chi connectivity index (χ0) is 22.5. The van der Waals surface area contributed by atoms with E-state index in [-0.39, 0.29) is 11.8 Å². The summed E-state index contributed by atoms with van der Waals surface area (Å²) in [5.41, 5.74) is 4.83. The van der Waals surface area contributed by atoms with Gasteiger partial charge in [0.05, 0.1) is 26.2 Å². The van der Waals surface area contributed by atoms with Crippen LogP contribution in [0.3, 0.4) is 0 Å². The molecular formula is C28H17Br2NO2. The lowest BCUT2D eigenvalue weighted by Crippen LogP contribution is -2.56. The van der Waals surface area contributed by atoms with Gasteiger partial charge in [-0.3, -0.25) is 9.59 Å². The zero-order valence-corrected chi connectivity index (χ0v) is 20.5. The maximum Gasteiger partial charge on any atom is 0.239 e. The SMILES string of the molecule is O=C1C2C(C(=O)N1c1cccc3ccccc13)C1(Br)c3ccccc3C2(Br)c2ccccc21. The number of nitrogens with zero attached hydrogens (tertiary/aromatic N) is 1. The summed E-state index contributed by atoms with van der Waals surface area (Å²) >= 11 is 8.12. The number of rotatable bonds is 1. The fourth-order valence-electron chi connectivity index (χ4n) is 6.31. The number of fused-ring (bicyclic) bond motifs is 1. The van der Waals surface area contributed by atoms with E-state index in [0.29, 0.717) is 5.69 Å². The summed E-state index contributed by atoms with van der Waals surface area (Å²) in [6, 6.07) is 30.0. The van der Waals surface area contributed by atoms with Gasteiger partial charge in [0.15, 0.2) is 0 Å². The molecule has 2 bridgehead atoms. The summed E-state index contributed by atoms with van der Waals surface area (Å²) in [4.78, 5) is 29.8. The maximum atomic E-state index is 14.2. The standard InChI is InChI=1S/C28H17Br2NO2/c29-27-18-11-3-4-12-19(18)28(30,21-14-6-5-13-20(21)27)24-23(27)25(32)31(26(24)33)22-15-7-9-16-8-1-2-10-17(16)22/h1-15,23-24H. The first kappa shape index (κ1) is 19.7. The van der Waals surface area contributed by atoms with E-state index in [0.717, 1.165) is 33.0 Å². The second-order valence-electron chi connectivity index (χ2n) is 8.98. The third-order valence-corrected chi connectivity index (χ3v) is 10.3. The Labute approximate surface area is 207 Å². The minimum absolute atomic E-state index is 0.161. The van der Waals surface area contributed by atoms with E-state index in [1.165, 1.54) is 4.90 Å². The lowest BCUT2D eigenvalue weighted by molar-refractivity contribution is -0.122. The number of amides is 2. The van der Waals surface area contributed by atoms with Crippen LogP contribution in [0.2, 0.25) is 0 Å². The first-order valence-corrected chi connectivity index (χ1v) is 12.5. The minimum atomic E-state index is -0.771. The molecule has 0 spiro atoms. The van der Waals surface area contributed by atoms with Crippen molar-refractivity contribution in [3.05, 3.63) is 113 Å². The quantitative estimate of drug-likeness (QED) is 0.204. The Balaban J connectivity index is 1.53. The van der Waals surface area contributed by atoms with Crippen molar-refractivity contribution >= 4 is 60.1 Å². The van der Waals surface area contributed by atoms with Crippen LogP contribution < -0.4 is 4.90 Å². The topological polar surface area (TPSA) is 37.4 Å². The molecule has 1 heterocycles. The molecule has 33 heavy (non-hydrogen) atoms. The monoisotopic (exact) mass is 557 g/mol. The number of benzene rings is 4. The van der Waals surface area contributed by atoms with E-state index in [1.54, 1.807) is 0 Å². The van der Waals surface area contributed by atoms with Crippen LogP contribution in [-0.4, -0.2) is 11.8 Å². The van der Waals surface area contributed by atoms with Crippen LogP contribution in [0.1, 0.15) is 22.3 Å². The normalized spacial score (nSPS) is 29.2. The first-order chi connectivity index (χ1) is 16.0. The predicted octanol–water partition coefficient (Wildman–Crippen LogP) is 6.25. The van der Waals surface area contributed by atoms with Crippen LogP contribution in [0.5, 0.6) is 0 Å². The molecule has 2 amide bonds. The molecule has 4 aliphatic rings. The van der Waals surface area contributed by atoms with Gasteiger partial charge >= 0.3 is 0 Å². The summed E-state index contributed by atoms with van der Waals surface area (Å²) in [5.74, 6) is -1.45. The van der Waals surface area contributed by atoms with E-state index in [9.17, 15) is 9.59 Å². The molecule has 1 fully saturated rings. The lowest BCUT2D eigenvalue weighted by Gasteiger charge is -2.55. The highest BCUT2D eigenvalue weighted by atomic mass is 79.9. The molecule has 3 nitrogen and oxygen atoms in total. The molecule has 160 valence electrons. The predicted molar refractivity (Wildman–Crippen MR) is 136 cm³/mol. The van der Waals surface area contributed by atoms with Crippen molar-refractivity contribution in [2.45, 2.75) is 8.65 Å². The summed E-state index contributed by atoms with van der Waals surface area (Å²) in [6.45, 7) is 0. The van der Waals surface area contributed by atoms with Gasteiger partial charge in [-0.2, -0.15) is 0 Å². The van der Waals surface area contributed by atoms with Gasteiger partial charge in [0.25, 0.3) is 0 Å². The summed E-state index contributed by atoms with van der Waals surface area (Å²) in [7, 11) is 0. The number of hydrogen-bond acceptors (Lipinski definition) is 2. The largest absolute Gasteiger partial charge is 0.274 e. The Morgan fingerprint density at radius 1 is 0.576 bits per heavy atom. The summed E-state index contributed by atoms with van der Waals surface area (Å²) in [6.07, 6.45) is 0. The summed E-state index contributed by atoms with van der Waals surface area (Å²) < 4.78 is -1.54. The van der Waals surface area contributed by atoms with Crippen molar-refractivity contribution in [3.63, 3.8) is 0 Å². The van der Waals surface area contributed by atoms with Gasteiger partial charge in [-0.15, -0.1) is 0 Å². The van der Waals surface area contributed by atoms with Gasteiger partial charge in [0, 0.05) is 5.39 Å². The van der Waals surface area contributed by atoms with Crippen molar-refractivity contribution in [1.82, 2.24) is 0 Å². The fourth-order valence-corrected chi connectivity index (χ4v) is 8.61. The molecule has 1 aliphatic heterocycles. The molecule has 0 N–H and O–H groups in total. The van der Waals surface area contributed by atoms with Crippen LogP contribution in [0.25, 0.3) is 10.8 Å². The zero-order valence-electron chi connectivity index (χ0n) is 17.3. The van der Waals surface area contributed by atoms with Crippen molar-refractivity contribution in [1.29, 1.82) is 0 Å². The van der Waals surface area contributed by atoms with Crippen molar-refractivity contribution in [3.8, 4) is 0 Å². The molecular weight excluding hydrogens is 542 g/mol. The van der Waals surface area contributed by atoms with Crippen LogP contribution in [0, 0.1) is 11.8 Å². The molecule has 3 aliphatic carbocycles. The average Bonchev–Trinajstić information content (AvgIpc) is 3.13. The maximum absolute atomic E-state index is 14.2. The van der Waals surface area contributed by atoms with Crippen LogP contribution in [0.15, 0.2) is 91.0 Å². The molecule has 2 atom stereocenters. The molecule has 8 rings (SSSR count). The van der Waals surface area contributed by atoms with Crippen molar-refractivity contribution in [2.24, 2.45) is 11.8 Å². The highest BCUT2D eigenvalue weighted by molar-refractivity contribution is 9.10. The van der Waals surface area contributed by atoms with Crippen LogP contribution >= 0.6 is 31.9 Å². The number of carbonyl (C=O) groups is 2. The van der Waals surface area contributed by atoms with Gasteiger partial charge < -0.3 is 0 Å². The minimum Gasteiger partial charge on any atom is -0.274 e. The van der Waals surface area contributed by atoms with Crippen LogP contribution in [0.4, 0.5) is 5.69 Å². The molecule has 0 radical (unpaired) electrons. The highest BCUT2D eigenvalue weighted by Gasteiger charge is 2.72. The summed E-state index contributed by atoms with van der Waals surface area (Å²) in [5, 5.41) is 1.90. The number of halogens is 2. The van der Waals surface area contributed by atoms with Crippen molar-refractivity contribution in [2.75, 3.05) is 4.90 Å². The van der Waals surface area contributed by atoms with E-state index in [2.05, 4.69) is 56.1 Å². The van der Waals surface area contributed by atoms with Gasteiger partial charge in [-0.1, -0.05) is 117 Å².